The average molecular weight is 689 g/mol. The Bertz CT molecular complexity index is 1510. The molecule has 0 aliphatic heterocycles. The van der Waals surface area contributed by atoms with Crippen LogP contribution in [-0.2, 0) is 15.8 Å². The maximum absolute atomic E-state index is 12.9. The van der Waals surface area contributed by atoms with Crippen LogP contribution in [-0.4, -0.2) is 54.0 Å². The first kappa shape index (κ1) is 38.6. The van der Waals surface area contributed by atoms with Gasteiger partial charge in [-0.2, -0.15) is 9.66 Å². The first-order valence-electron chi connectivity index (χ1n) is 16.5. The first-order chi connectivity index (χ1) is 21.5. The fourth-order valence-corrected chi connectivity index (χ4v) is 5.61. The minimum Gasteiger partial charge on any atom is -0.369 e. The van der Waals surface area contributed by atoms with E-state index in [0.29, 0.717) is 40.4 Å². The standard InChI is InChI=1S/C18H23N5O2.C8H14N2.C8H15NOS.ClH/c1-18(2,17(19)25)14(10-5-6-10)23-16(24)11-7-20-15-13(11)22-12(8-21-15)9-3-4-9;1-8(2,5-9)7(10)6-3-4-6;1-8(2,3)11(10)9-6-7-4-5-7;/h7-10,14H,3-6H2,1-2H3,(H2,19,25)(H,20,21)(H,23,24);6-7H,3-4,10H2,1-2H3;6-7H,4-5H2,1-3H3;1H. The van der Waals surface area contributed by atoms with E-state index < -0.39 is 22.3 Å². The van der Waals surface area contributed by atoms with Crippen LogP contribution < -0.4 is 16.8 Å². The Morgan fingerprint density at radius 1 is 1.06 bits per heavy atom. The van der Waals surface area contributed by atoms with E-state index in [4.69, 9.17) is 16.7 Å². The van der Waals surface area contributed by atoms with Gasteiger partial charge >= 0.3 is 0 Å². The molecule has 4 saturated carbocycles. The van der Waals surface area contributed by atoms with Crippen molar-refractivity contribution in [3.8, 4) is 6.07 Å². The highest BCUT2D eigenvalue weighted by Gasteiger charge is 2.45. The predicted octanol–water partition coefficient (Wildman–Crippen LogP) is 5.48. The normalized spacial score (nSPS) is 20.0. The molecule has 6 rings (SSSR count). The van der Waals surface area contributed by atoms with Crippen molar-refractivity contribution in [1.82, 2.24) is 20.3 Å². The van der Waals surface area contributed by atoms with Crippen molar-refractivity contribution in [2.75, 3.05) is 0 Å². The van der Waals surface area contributed by atoms with E-state index in [1.165, 1.54) is 25.7 Å². The number of aromatic amines is 1. The van der Waals surface area contributed by atoms with Crippen LogP contribution in [0.5, 0.6) is 0 Å². The zero-order chi connectivity index (χ0) is 34.0. The molecule has 2 aromatic rings. The van der Waals surface area contributed by atoms with Gasteiger partial charge in [0.2, 0.25) is 5.91 Å². The van der Waals surface area contributed by atoms with Crippen LogP contribution in [0.3, 0.4) is 0 Å². The van der Waals surface area contributed by atoms with Gasteiger partial charge in [-0.05, 0) is 118 Å². The van der Waals surface area contributed by atoms with E-state index in [2.05, 4.69) is 30.7 Å². The smallest absolute Gasteiger partial charge is 0.255 e. The number of nitrogens with two attached hydrogens (primary N) is 2. The van der Waals surface area contributed by atoms with Crippen molar-refractivity contribution >= 4 is 52.6 Å². The van der Waals surface area contributed by atoms with E-state index in [9.17, 15) is 13.8 Å². The van der Waals surface area contributed by atoms with Gasteiger partial charge < -0.3 is 21.8 Å². The lowest BCUT2D eigenvalue weighted by Crippen LogP contribution is -2.52. The van der Waals surface area contributed by atoms with Gasteiger partial charge in [0.15, 0.2) is 5.65 Å². The third kappa shape index (κ3) is 10.6. The number of primary amides is 1. The Morgan fingerprint density at radius 2 is 1.66 bits per heavy atom. The van der Waals surface area contributed by atoms with Crippen LogP contribution in [0.4, 0.5) is 0 Å². The summed E-state index contributed by atoms with van der Waals surface area (Å²) in [6.45, 7) is 13.2. The van der Waals surface area contributed by atoms with Crippen LogP contribution in [0, 0.1) is 39.9 Å². The molecule has 0 radical (unpaired) electrons. The summed E-state index contributed by atoms with van der Waals surface area (Å²) in [6.07, 6.45) is 14.4. The van der Waals surface area contributed by atoms with Crippen LogP contribution in [0.15, 0.2) is 16.8 Å². The Morgan fingerprint density at radius 3 is 2.13 bits per heavy atom. The number of hydrogen-bond acceptors (Lipinski definition) is 7. The minimum atomic E-state index is -1.05. The number of H-pyrrole nitrogens is 1. The fraction of sp³-hybridized carbons (Fsp3) is 0.706. The second kappa shape index (κ2) is 15.1. The third-order valence-corrected chi connectivity index (χ3v) is 10.6. The molecular formula is C34H53ClN8O3S. The second-order valence-electron chi connectivity index (χ2n) is 15.5. The highest BCUT2D eigenvalue weighted by Crippen LogP contribution is 2.42. The molecule has 2 amide bonds. The van der Waals surface area contributed by atoms with E-state index in [-0.39, 0.29) is 40.6 Å². The van der Waals surface area contributed by atoms with Gasteiger partial charge in [0.25, 0.3) is 5.91 Å². The van der Waals surface area contributed by atoms with E-state index in [1.54, 1.807) is 26.2 Å². The summed E-state index contributed by atoms with van der Waals surface area (Å²) in [4.78, 5) is 36.7. The number of rotatable bonds is 10. The number of nitrogens with zero attached hydrogens (tertiary/aromatic N) is 4. The van der Waals surface area contributed by atoms with Crippen LogP contribution in [0.1, 0.15) is 122 Å². The topological polar surface area (TPSA) is 193 Å². The molecule has 4 aliphatic carbocycles. The van der Waals surface area contributed by atoms with Gasteiger partial charge in [-0.3, -0.25) is 9.59 Å². The zero-order valence-electron chi connectivity index (χ0n) is 28.8. The average Bonchev–Trinajstić information content (AvgIpc) is 3.83. The molecule has 2 aromatic heterocycles. The fourth-order valence-electron chi connectivity index (χ4n) is 5.01. The first-order valence-corrected chi connectivity index (χ1v) is 17.6. The molecule has 4 fully saturated rings. The Kier molecular flexibility index (Phi) is 12.4. The van der Waals surface area contributed by atoms with Crippen LogP contribution in [0.2, 0.25) is 0 Å². The van der Waals surface area contributed by atoms with Gasteiger partial charge in [0, 0.05) is 30.4 Å². The van der Waals surface area contributed by atoms with Crippen LogP contribution >= 0.6 is 12.4 Å². The van der Waals surface area contributed by atoms with Gasteiger partial charge in [-0.25, -0.2) is 14.2 Å². The van der Waals surface area contributed by atoms with Gasteiger partial charge in [0.05, 0.1) is 39.1 Å². The molecule has 47 heavy (non-hydrogen) atoms. The van der Waals surface area contributed by atoms with Crippen molar-refractivity contribution in [3.63, 3.8) is 0 Å². The SMILES string of the molecule is CC(C)(C#N)C(N)C1CC1.CC(C)(C(N)=O)C(NC(=O)c1c[nH]c2ncc(C3CC3)nc12)C1CC1.CC(C)(C)S(=O)N=CC1CC1.Cl. The molecule has 0 spiro atoms. The lowest BCUT2D eigenvalue weighted by Gasteiger charge is -2.32. The van der Waals surface area contributed by atoms with Crippen molar-refractivity contribution in [3.05, 3.63) is 23.7 Å². The lowest BCUT2D eigenvalue weighted by molar-refractivity contribution is -0.127. The van der Waals surface area contributed by atoms with Crippen molar-refractivity contribution in [2.24, 2.45) is 44.4 Å². The van der Waals surface area contributed by atoms with Crippen molar-refractivity contribution in [2.45, 2.75) is 123 Å². The molecule has 0 saturated heterocycles. The Labute approximate surface area is 287 Å². The number of halogens is 1. The second-order valence-corrected chi connectivity index (χ2v) is 17.4. The monoisotopic (exact) mass is 688 g/mol. The summed E-state index contributed by atoms with van der Waals surface area (Å²) >= 11 is 0. The summed E-state index contributed by atoms with van der Waals surface area (Å²) in [5.41, 5.74) is 12.9. The summed E-state index contributed by atoms with van der Waals surface area (Å²) in [6, 6.07) is 2.04. The number of carbonyl (C=O) groups is 2. The highest BCUT2D eigenvalue weighted by molar-refractivity contribution is 7.85. The minimum absolute atomic E-state index is 0. The number of carbonyl (C=O) groups excluding carboxylic acids is 2. The maximum Gasteiger partial charge on any atom is 0.255 e. The molecule has 0 aromatic carbocycles. The molecule has 0 bridgehead atoms. The summed E-state index contributed by atoms with van der Waals surface area (Å²) < 4.78 is 15.1. The lowest BCUT2D eigenvalue weighted by atomic mass is 9.80. The number of nitriles is 1. The van der Waals surface area contributed by atoms with Crippen molar-refractivity contribution in [1.29, 1.82) is 5.26 Å². The predicted molar refractivity (Wildman–Crippen MR) is 189 cm³/mol. The summed E-state index contributed by atoms with van der Waals surface area (Å²) in [5, 5.41) is 11.7. The molecule has 260 valence electrons. The summed E-state index contributed by atoms with van der Waals surface area (Å²) in [5.74, 6) is 1.37. The van der Waals surface area contributed by atoms with Gasteiger partial charge in [0.1, 0.15) is 16.5 Å². The zero-order valence-corrected chi connectivity index (χ0v) is 30.5. The molecule has 4 aliphatic rings. The van der Waals surface area contributed by atoms with Gasteiger partial charge in [-0.1, -0.05) is 0 Å². The Hall–Kier alpha value is -2.88. The van der Waals surface area contributed by atoms with E-state index in [1.807, 2.05) is 40.8 Å². The highest BCUT2D eigenvalue weighted by atomic mass is 35.5. The molecule has 3 unspecified atom stereocenters. The largest absolute Gasteiger partial charge is 0.369 e. The van der Waals surface area contributed by atoms with E-state index >= 15 is 0 Å². The van der Waals surface area contributed by atoms with Gasteiger partial charge in [-0.15, -0.1) is 12.4 Å². The van der Waals surface area contributed by atoms with Crippen molar-refractivity contribution < 1.29 is 13.8 Å². The number of aromatic nitrogens is 3. The molecule has 3 atom stereocenters. The molecule has 13 heteroatoms. The van der Waals surface area contributed by atoms with Crippen LogP contribution in [0.25, 0.3) is 11.2 Å². The third-order valence-electron chi connectivity index (χ3n) is 9.20. The molecular weight excluding hydrogens is 636 g/mol. The summed E-state index contributed by atoms with van der Waals surface area (Å²) in [7, 11) is -1.05. The number of hydrogen-bond donors (Lipinski definition) is 4. The molecule has 2 heterocycles. The Balaban J connectivity index is 0.000000226. The molecule has 11 nitrogen and oxygen atoms in total. The number of amides is 2. The molecule has 6 N–H and O–H groups in total. The van der Waals surface area contributed by atoms with E-state index in [0.717, 1.165) is 31.4 Å². The maximum atomic E-state index is 12.9. The quantitative estimate of drug-likeness (QED) is 0.237. The number of fused-ring (bicyclic) bond motifs is 1. The number of nitrogens with one attached hydrogen (secondary N) is 2.